The third-order valence-corrected chi connectivity index (χ3v) is 3.59. The van der Waals surface area contributed by atoms with Crippen LogP contribution in [0.4, 0.5) is 22.0 Å². The number of carbonyl (C=O) groups excluding carboxylic acids is 2. The molecule has 27 heavy (non-hydrogen) atoms. The number of benzene rings is 1. The second-order valence-corrected chi connectivity index (χ2v) is 5.17. The maximum absolute atomic E-state index is 13.6. The van der Waals surface area contributed by atoms with Crippen molar-refractivity contribution in [1.29, 1.82) is 0 Å². The number of amides is 1. The first-order valence-electron chi connectivity index (χ1n) is 7.72. The van der Waals surface area contributed by atoms with Crippen molar-refractivity contribution < 1.29 is 36.3 Å². The average Bonchev–Trinajstić information content (AvgIpc) is 2.69. The lowest BCUT2D eigenvalue weighted by Gasteiger charge is -2.18. The van der Waals surface area contributed by atoms with Crippen molar-refractivity contribution in [3.05, 3.63) is 58.7 Å². The molecule has 144 valence electrons. The average molecular weight is 388 g/mol. The van der Waals surface area contributed by atoms with E-state index in [0.717, 1.165) is 6.07 Å². The number of esters is 1. The SMILES string of the molecule is CCN(CC)C(=O)c1cccc(C(=O)Oc2c(F)c(F)c(F)c(F)c2F)n1. The van der Waals surface area contributed by atoms with Gasteiger partial charge in [0.15, 0.2) is 0 Å². The van der Waals surface area contributed by atoms with Crippen molar-refractivity contribution in [2.45, 2.75) is 13.8 Å². The van der Waals surface area contributed by atoms with Gasteiger partial charge in [-0.3, -0.25) is 4.79 Å². The van der Waals surface area contributed by atoms with Crippen LogP contribution in [0.25, 0.3) is 0 Å². The van der Waals surface area contributed by atoms with Gasteiger partial charge in [0.1, 0.15) is 11.4 Å². The third kappa shape index (κ3) is 3.88. The molecule has 0 atom stereocenters. The van der Waals surface area contributed by atoms with Gasteiger partial charge in [0.2, 0.25) is 34.8 Å². The van der Waals surface area contributed by atoms with Crippen LogP contribution in [-0.4, -0.2) is 34.8 Å². The molecule has 0 aliphatic carbocycles. The van der Waals surface area contributed by atoms with Gasteiger partial charge in [-0.15, -0.1) is 0 Å². The van der Waals surface area contributed by atoms with Crippen LogP contribution in [0.15, 0.2) is 18.2 Å². The molecule has 0 saturated carbocycles. The van der Waals surface area contributed by atoms with Gasteiger partial charge in [-0.1, -0.05) is 6.07 Å². The summed E-state index contributed by atoms with van der Waals surface area (Å²) in [5.74, 6) is -15.2. The molecule has 10 heteroatoms. The zero-order chi connectivity index (χ0) is 20.3. The molecule has 1 heterocycles. The fourth-order valence-electron chi connectivity index (χ4n) is 2.16. The minimum Gasteiger partial charge on any atom is -0.415 e. The number of aromatic nitrogens is 1. The molecule has 0 radical (unpaired) electrons. The standard InChI is InChI=1S/C17H13F5N2O3/c1-3-24(4-2)16(25)8-6-5-7-9(23-8)17(26)27-15-13(21)11(19)10(18)12(20)14(15)22/h5-7H,3-4H2,1-2H3. The maximum Gasteiger partial charge on any atom is 0.362 e. The number of hydrogen-bond acceptors (Lipinski definition) is 4. The van der Waals surface area contributed by atoms with Gasteiger partial charge >= 0.3 is 5.97 Å². The molecule has 1 aromatic heterocycles. The molecule has 5 nitrogen and oxygen atoms in total. The largest absolute Gasteiger partial charge is 0.415 e. The molecule has 1 amide bonds. The van der Waals surface area contributed by atoms with Crippen LogP contribution in [0.5, 0.6) is 5.75 Å². The molecule has 0 unspecified atom stereocenters. The highest BCUT2D eigenvalue weighted by atomic mass is 19.2. The van der Waals surface area contributed by atoms with Crippen LogP contribution in [0.3, 0.4) is 0 Å². The van der Waals surface area contributed by atoms with E-state index in [4.69, 9.17) is 0 Å². The first kappa shape index (κ1) is 20.3. The zero-order valence-electron chi connectivity index (χ0n) is 14.2. The Hall–Kier alpha value is -3.04. The van der Waals surface area contributed by atoms with Crippen molar-refractivity contribution in [3.8, 4) is 5.75 Å². The molecule has 2 rings (SSSR count). The van der Waals surface area contributed by atoms with E-state index in [-0.39, 0.29) is 5.69 Å². The molecule has 0 fully saturated rings. The van der Waals surface area contributed by atoms with E-state index in [2.05, 4.69) is 9.72 Å². The molecule has 0 aliphatic heterocycles. The molecule has 0 spiro atoms. The van der Waals surface area contributed by atoms with Crippen LogP contribution in [0.2, 0.25) is 0 Å². The molecule has 2 aromatic rings. The van der Waals surface area contributed by atoms with Crippen LogP contribution in [0.1, 0.15) is 34.8 Å². The van der Waals surface area contributed by atoms with Gasteiger partial charge < -0.3 is 9.64 Å². The third-order valence-electron chi connectivity index (χ3n) is 3.59. The van der Waals surface area contributed by atoms with Crippen LogP contribution in [-0.2, 0) is 0 Å². The highest BCUT2D eigenvalue weighted by Crippen LogP contribution is 2.29. The van der Waals surface area contributed by atoms with E-state index < -0.39 is 52.4 Å². The Balaban J connectivity index is 2.36. The monoisotopic (exact) mass is 388 g/mol. The first-order chi connectivity index (χ1) is 12.7. The summed E-state index contributed by atoms with van der Waals surface area (Å²) in [6.07, 6.45) is 0. The lowest BCUT2D eigenvalue weighted by molar-refractivity contribution is 0.0709. The minimum absolute atomic E-state index is 0.148. The highest BCUT2D eigenvalue weighted by Gasteiger charge is 2.29. The second-order valence-electron chi connectivity index (χ2n) is 5.17. The topological polar surface area (TPSA) is 59.5 Å². The Bertz CT molecular complexity index is 871. The normalized spacial score (nSPS) is 10.6. The quantitative estimate of drug-likeness (QED) is 0.259. The smallest absolute Gasteiger partial charge is 0.362 e. The summed E-state index contributed by atoms with van der Waals surface area (Å²) >= 11 is 0. The lowest BCUT2D eigenvalue weighted by Crippen LogP contribution is -2.31. The Morgan fingerprint density at radius 2 is 1.37 bits per heavy atom. The summed E-state index contributed by atoms with van der Waals surface area (Å²) in [4.78, 5) is 29.4. The molecular weight excluding hydrogens is 375 g/mol. The molecule has 0 saturated heterocycles. The lowest BCUT2D eigenvalue weighted by atomic mass is 10.2. The van der Waals surface area contributed by atoms with E-state index in [9.17, 15) is 31.5 Å². The number of halogens is 5. The molecular formula is C17H13F5N2O3. The van der Waals surface area contributed by atoms with Crippen LogP contribution >= 0.6 is 0 Å². The van der Waals surface area contributed by atoms with Gasteiger partial charge in [0.25, 0.3) is 5.91 Å². The maximum atomic E-state index is 13.6. The second kappa shape index (κ2) is 8.11. The Labute approximate surface area is 150 Å². The van der Waals surface area contributed by atoms with Gasteiger partial charge in [0, 0.05) is 13.1 Å². The summed E-state index contributed by atoms with van der Waals surface area (Å²) in [5, 5.41) is 0. The minimum atomic E-state index is -2.38. The summed E-state index contributed by atoms with van der Waals surface area (Å²) < 4.78 is 70.9. The van der Waals surface area contributed by atoms with Crippen molar-refractivity contribution in [2.24, 2.45) is 0 Å². The summed E-state index contributed by atoms with van der Waals surface area (Å²) in [6.45, 7) is 4.19. The van der Waals surface area contributed by atoms with Crippen molar-refractivity contribution in [3.63, 3.8) is 0 Å². The predicted molar refractivity (Wildman–Crippen MR) is 82.7 cm³/mol. The molecule has 0 N–H and O–H groups in total. The van der Waals surface area contributed by atoms with Gasteiger partial charge in [0.05, 0.1) is 0 Å². The van der Waals surface area contributed by atoms with Crippen molar-refractivity contribution in [1.82, 2.24) is 9.88 Å². The van der Waals surface area contributed by atoms with E-state index in [1.807, 2.05) is 0 Å². The van der Waals surface area contributed by atoms with E-state index in [1.165, 1.54) is 17.0 Å². The van der Waals surface area contributed by atoms with Crippen LogP contribution < -0.4 is 4.74 Å². The van der Waals surface area contributed by atoms with Crippen molar-refractivity contribution in [2.75, 3.05) is 13.1 Å². The molecule has 0 aliphatic rings. The number of pyridine rings is 1. The predicted octanol–water partition coefficient (Wildman–Crippen LogP) is 3.48. The molecule has 0 bridgehead atoms. The van der Waals surface area contributed by atoms with Gasteiger partial charge in [-0.25, -0.2) is 22.9 Å². The molecule has 1 aromatic carbocycles. The van der Waals surface area contributed by atoms with Crippen molar-refractivity contribution >= 4 is 11.9 Å². The van der Waals surface area contributed by atoms with Gasteiger partial charge in [-0.2, -0.15) is 8.78 Å². The van der Waals surface area contributed by atoms with E-state index >= 15 is 0 Å². The number of ether oxygens (including phenoxy) is 1. The summed E-state index contributed by atoms with van der Waals surface area (Å²) in [6, 6.07) is 3.63. The van der Waals surface area contributed by atoms with Gasteiger partial charge in [-0.05, 0) is 26.0 Å². The number of carbonyl (C=O) groups is 2. The fourth-order valence-corrected chi connectivity index (χ4v) is 2.16. The van der Waals surface area contributed by atoms with E-state index in [0.29, 0.717) is 13.1 Å². The first-order valence-corrected chi connectivity index (χ1v) is 7.72. The summed E-state index contributed by atoms with van der Waals surface area (Å²) in [5.41, 5.74) is -0.692. The zero-order valence-corrected chi connectivity index (χ0v) is 14.2. The van der Waals surface area contributed by atoms with Crippen LogP contribution in [0, 0.1) is 29.1 Å². The Kier molecular flexibility index (Phi) is 6.09. The highest BCUT2D eigenvalue weighted by molar-refractivity contribution is 5.95. The number of rotatable bonds is 5. The Morgan fingerprint density at radius 3 is 1.89 bits per heavy atom. The Morgan fingerprint density at radius 1 is 0.889 bits per heavy atom. The number of nitrogens with zero attached hydrogens (tertiary/aromatic N) is 2. The number of hydrogen-bond donors (Lipinski definition) is 0. The van der Waals surface area contributed by atoms with E-state index in [1.54, 1.807) is 13.8 Å². The summed E-state index contributed by atoms with van der Waals surface area (Å²) in [7, 11) is 0. The fraction of sp³-hybridized carbons (Fsp3) is 0.235.